The zero-order chi connectivity index (χ0) is 16.3. The molecule has 0 aliphatic rings. The Morgan fingerprint density at radius 1 is 1.23 bits per heavy atom. The van der Waals surface area contributed by atoms with E-state index in [1.54, 1.807) is 18.4 Å². The highest BCUT2D eigenvalue weighted by Crippen LogP contribution is 2.23. The highest BCUT2D eigenvalue weighted by molar-refractivity contribution is 7.89. The van der Waals surface area contributed by atoms with Crippen molar-refractivity contribution >= 4 is 33.2 Å². The third-order valence-corrected chi connectivity index (χ3v) is 4.95. The van der Waals surface area contributed by atoms with Crippen molar-refractivity contribution in [2.45, 2.75) is 10.9 Å². The summed E-state index contributed by atoms with van der Waals surface area (Å²) in [4.78, 5) is 1.90. The number of nitrogens with zero attached hydrogens (tertiary/aromatic N) is 1. The van der Waals surface area contributed by atoms with Crippen LogP contribution in [0.15, 0.2) is 45.9 Å². The number of likely N-dealkylation sites (N-methyl/N-ethyl adjacent to an activating group) is 1. The van der Waals surface area contributed by atoms with Gasteiger partial charge in [0.15, 0.2) is 0 Å². The molecule has 1 aromatic carbocycles. The van der Waals surface area contributed by atoms with Crippen LogP contribution in [0.25, 0.3) is 0 Å². The summed E-state index contributed by atoms with van der Waals surface area (Å²) in [5.74, 6) is 0.678. The van der Waals surface area contributed by atoms with E-state index in [0.29, 0.717) is 5.76 Å². The molecule has 1 heterocycles. The first-order chi connectivity index (χ1) is 10.3. The van der Waals surface area contributed by atoms with Crippen LogP contribution in [0.5, 0.6) is 0 Å². The summed E-state index contributed by atoms with van der Waals surface area (Å²) in [6.07, 6.45) is 1.55. The Balaban J connectivity index is 2.18. The second-order valence-electron chi connectivity index (χ2n) is 4.95. The fourth-order valence-corrected chi connectivity index (χ4v) is 3.74. The van der Waals surface area contributed by atoms with Crippen LogP contribution in [0, 0.1) is 0 Å². The number of hydrogen-bond donors (Lipinski definition) is 1. The minimum atomic E-state index is -3.71. The maximum atomic E-state index is 12.4. The zero-order valence-corrected chi connectivity index (χ0v) is 14.4. The highest BCUT2D eigenvalue weighted by atomic mass is 35.5. The Hall–Kier alpha value is -1.05. The molecule has 1 atom stereocenters. The number of furan rings is 1. The molecular formula is C14H16Cl2N2O3S. The minimum Gasteiger partial charge on any atom is -0.468 e. The van der Waals surface area contributed by atoms with Gasteiger partial charge in [0.25, 0.3) is 0 Å². The lowest BCUT2D eigenvalue weighted by Crippen LogP contribution is -2.34. The van der Waals surface area contributed by atoms with Crippen molar-refractivity contribution in [3.63, 3.8) is 0 Å². The summed E-state index contributed by atoms with van der Waals surface area (Å²) in [5.41, 5.74) is 0. The number of halogens is 2. The van der Waals surface area contributed by atoms with E-state index in [4.69, 9.17) is 27.6 Å². The summed E-state index contributed by atoms with van der Waals surface area (Å²) in [5, 5.41) is 0.533. The lowest BCUT2D eigenvalue weighted by atomic mass is 10.2. The lowest BCUT2D eigenvalue weighted by Gasteiger charge is -2.22. The Morgan fingerprint density at radius 2 is 1.86 bits per heavy atom. The van der Waals surface area contributed by atoms with Gasteiger partial charge in [-0.2, -0.15) is 0 Å². The summed E-state index contributed by atoms with van der Waals surface area (Å²) >= 11 is 11.7. The maximum Gasteiger partial charge on any atom is 0.240 e. The van der Waals surface area contributed by atoms with E-state index in [0.717, 1.165) is 0 Å². The largest absolute Gasteiger partial charge is 0.468 e. The first-order valence-corrected chi connectivity index (χ1v) is 8.69. The number of rotatable bonds is 6. The van der Waals surface area contributed by atoms with E-state index in [9.17, 15) is 8.42 Å². The van der Waals surface area contributed by atoms with Crippen LogP contribution in [-0.4, -0.2) is 34.0 Å². The topological polar surface area (TPSA) is 62.6 Å². The van der Waals surface area contributed by atoms with Crippen molar-refractivity contribution in [1.82, 2.24) is 9.62 Å². The molecule has 0 bridgehead atoms. The fourth-order valence-electron chi connectivity index (χ4n) is 1.97. The summed E-state index contributed by atoms with van der Waals surface area (Å²) in [6, 6.07) is 7.53. The van der Waals surface area contributed by atoms with Crippen molar-refractivity contribution < 1.29 is 12.8 Å². The zero-order valence-electron chi connectivity index (χ0n) is 12.1. The van der Waals surface area contributed by atoms with Gasteiger partial charge in [-0.25, -0.2) is 13.1 Å². The van der Waals surface area contributed by atoms with Gasteiger partial charge in [-0.1, -0.05) is 23.2 Å². The van der Waals surface area contributed by atoms with Gasteiger partial charge in [0.2, 0.25) is 10.0 Å². The smallest absolute Gasteiger partial charge is 0.240 e. The van der Waals surface area contributed by atoms with E-state index in [1.807, 2.05) is 19.0 Å². The van der Waals surface area contributed by atoms with Gasteiger partial charge in [0.1, 0.15) is 5.76 Å². The van der Waals surface area contributed by atoms with Gasteiger partial charge in [-0.05, 0) is 44.4 Å². The van der Waals surface area contributed by atoms with Gasteiger partial charge in [0, 0.05) is 16.6 Å². The molecular weight excluding hydrogens is 347 g/mol. The molecule has 1 N–H and O–H groups in total. The Morgan fingerprint density at radius 3 is 2.36 bits per heavy atom. The first-order valence-electron chi connectivity index (χ1n) is 6.45. The van der Waals surface area contributed by atoms with Crippen molar-refractivity contribution in [1.29, 1.82) is 0 Å². The van der Waals surface area contributed by atoms with E-state index in [-0.39, 0.29) is 27.5 Å². The molecule has 22 heavy (non-hydrogen) atoms. The van der Waals surface area contributed by atoms with Gasteiger partial charge in [-0.15, -0.1) is 0 Å². The Bertz CT molecular complexity index is 710. The minimum absolute atomic E-state index is 0.0296. The molecule has 5 nitrogen and oxygen atoms in total. The molecule has 1 aromatic heterocycles. The molecule has 120 valence electrons. The number of nitrogens with one attached hydrogen (secondary N) is 1. The molecule has 0 aliphatic carbocycles. The molecule has 0 aliphatic heterocycles. The standard InChI is InChI=1S/C14H16Cl2N2O3S/c1-18(2)13(14-4-3-5-21-14)9-17-22(19,20)12-7-10(15)6-11(16)8-12/h3-8,13,17H,9H2,1-2H3. The summed E-state index contributed by atoms with van der Waals surface area (Å²) in [6.45, 7) is 0.160. The quantitative estimate of drug-likeness (QED) is 0.856. The van der Waals surface area contributed by atoms with Crippen LogP contribution < -0.4 is 4.72 Å². The van der Waals surface area contributed by atoms with Gasteiger partial charge >= 0.3 is 0 Å². The predicted octanol–water partition coefficient (Wildman–Crippen LogP) is 3.17. The summed E-state index contributed by atoms with van der Waals surface area (Å²) in [7, 11) is -0.0222. The second kappa shape index (κ2) is 7.02. The Kier molecular flexibility index (Phi) is 5.52. The molecule has 1 unspecified atom stereocenters. The third-order valence-electron chi connectivity index (χ3n) is 3.11. The van der Waals surface area contributed by atoms with Crippen molar-refractivity contribution in [3.8, 4) is 0 Å². The highest BCUT2D eigenvalue weighted by Gasteiger charge is 2.22. The first kappa shape index (κ1) is 17.3. The number of benzene rings is 1. The number of hydrogen-bond acceptors (Lipinski definition) is 4. The van der Waals surface area contributed by atoms with Gasteiger partial charge < -0.3 is 4.42 Å². The average Bonchev–Trinajstić information content (AvgIpc) is 2.91. The van der Waals surface area contributed by atoms with Crippen LogP contribution in [0.3, 0.4) is 0 Å². The lowest BCUT2D eigenvalue weighted by molar-refractivity contribution is 0.259. The van der Waals surface area contributed by atoms with E-state index in [2.05, 4.69) is 4.72 Å². The van der Waals surface area contributed by atoms with Crippen LogP contribution in [-0.2, 0) is 10.0 Å². The number of sulfonamides is 1. The van der Waals surface area contributed by atoms with Crippen molar-refractivity contribution in [2.75, 3.05) is 20.6 Å². The van der Waals surface area contributed by atoms with Crippen LogP contribution in [0.1, 0.15) is 11.8 Å². The van der Waals surface area contributed by atoms with Gasteiger partial charge in [0.05, 0.1) is 17.2 Å². The van der Waals surface area contributed by atoms with Crippen LogP contribution >= 0.6 is 23.2 Å². The molecule has 0 saturated carbocycles. The van der Waals surface area contributed by atoms with Gasteiger partial charge in [-0.3, -0.25) is 4.90 Å². The van der Waals surface area contributed by atoms with Crippen molar-refractivity contribution in [2.24, 2.45) is 0 Å². The fraction of sp³-hybridized carbons (Fsp3) is 0.286. The third kappa shape index (κ3) is 4.24. The Labute approximate surface area is 139 Å². The predicted molar refractivity (Wildman–Crippen MR) is 86.8 cm³/mol. The maximum absolute atomic E-state index is 12.4. The molecule has 8 heteroatoms. The molecule has 0 saturated heterocycles. The van der Waals surface area contributed by atoms with Crippen LogP contribution in [0.4, 0.5) is 0 Å². The monoisotopic (exact) mass is 362 g/mol. The van der Waals surface area contributed by atoms with Crippen LogP contribution in [0.2, 0.25) is 10.0 Å². The normalized spacial score (nSPS) is 13.5. The molecule has 0 amide bonds. The summed E-state index contributed by atoms with van der Waals surface area (Å²) < 4.78 is 32.6. The average molecular weight is 363 g/mol. The molecule has 0 fully saturated rings. The molecule has 2 aromatic rings. The molecule has 0 radical (unpaired) electrons. The molecule has 2 rings (SSSR count). The van der Waals surface area contributed by atoms with E-state index in [1.165, 1.54) is 18.2 Å². The second-order valence-corrected chi connectivity index (χ2v) is 7.59. The van der Waals surface area contributed by atoms with Crippen molar-refractivity contribution in [3.05, 3.63) is 52.4 Å². The van der Waals surface area contributed by atoms with E-state index >= 15 is 0 Å². The van der Waals surface area contributed by atoms with E-state index < -0.39 is 10.0 Å². The SMILES string of the molecule is CN(C)C(CNS(=O)(=O)c1cc(Cl)cc(Cl)c1)c1ccco1. The molecule has 0 spiro atoms.